The lowest BCUT2D eigenvalue weighted by Gasteiger charge is -2.15. The molecular formula is C31H22BrN3O3S. The summed E-state index contributed by atoms with van der Waals surface area (Å²) < 4.78 is 12.3. The fraction of sp³-hybridized carbons (Fsp3) is 0.0645. The highest BCUT2D eigenvalue weighted by Gasteiger charge is 2.35. The number of ether oxygens (including phenoxy) is 2. The number of hydrogen-bond donors (Lipinski definition) is 0. The highest BCUT2D eigenvalue weighted by Crippen LogP contribution is 2.40. The highest BCUT2D eigenvalue weighted by molar-refractivity contribution is 9.10. The van der Waals surface area contributed by atoms with E-state index in [0.717, 1.165) is 27.0 Å². The number of hydrogen-bond acceptors (Lipinski definition) is 6. The Morgan fingerprint density at radius 2 is 1.67 bits per heavy atom. The predicted octanol–water partition coefficient (Wildman–Crippen LogP) is 7.72. The first-order valence-electron chi connectivity index (χ1n) is 12.0. The van der Waals surface area contributed by atoms with Crippen molar-refractivity contribution >= 4 is 56.2 Å². The minimum atomic E-state index is -0.166. The molecule has 39 heavy (non-hydrogen) atoms. The van der Waals surface area contributed by atoms with Gasteiger partial charge >= 0.3 is 0 Å². The number of amides is 1. The van der Waals surface area contributed by atoms with Gasteiger partial charge < -0.3 is 9.47 Å². The van der Waals surface area contributed by atoms with E-state index in [4.69, 9.17) is 14.5 Å². The lowest BCUT2D eigenvalue weighted by atomic mass is 10.1. The molecule has 8 heteroatoms. The Morgan fingerprint density at radius 3 is 2.38 bits per heavy atom. The number of amidine groups is 1. The van der Waals surface area contributed by atoms with Crippen LogP contribution in [0.3, 0.4) is 0 Å². The zero-order valence-electron chi connectivity index (χ0n) is 20.9. The van der Waals surface area contributed by atoms with Crippen molar-refractivity contribution in [1.29, 1.82) is 5.26 Å². The fourth-order valence-electron chi connectivity index (χ4n) is 3.95. The van der Waals surface area contributed by atoms with Crippen LogP contribution in [0, 0.1) is 11.3 Å². The predicted molar refractivity (Wildman–Crippen MR) is 159 cm³/mol. The molecule has 0 aliphatic carbocycles. The number of benzene rings is 4. The van der Waals surface area contributed by atoms with E-state index >= 15 is 0 Å². The Hall–Kier alpha value is -4.32. The Morgan fingerprint density at radius 1 is 0.974 bits per heavy atom. The van der Waals surface area contributed by atoms with Gasteiger partial charge in [-0.3, -0.25) is 9.69 Å². The third kappa shape index (κ3) is 5.90. The van der Waals surface area contributed by atoms with Gasteiger partial charge in [0.05, 0.1) is 35.0 Å². The lowest BCUT2D eigenvalue weighted by Crippen LogP contribution is -2.28. The number of carbonyl (C=O) groups excluding carboxylic acids is 1. The van der Waals surface area contributed by atoms with Crippen molar-refractivity contribution in [3.63, 3.8) is 0 Å². The number of rotatable bonds is 7. The van der Waals surface area contributed by atoms with Crippen LogP contribution in [0.1, 0.15) is 16.7 Å². The summed E-state index contributed by atoms with van der Waals surface area (Å²) in [5.41, 5.74) is 3.60. The maximum absolute atomic E-state index is 13.6. The van der Waals surface area contributed by atoms with E-state index in [1.54, 1.807) is 24.1 Å². The second-order valence-electron chi connectivity index (χ2n) is 8.40. The molecule has 5 rings (SSSR count). The number of para-hydroxylation sites is 2. The Labute approximate surface area is 239 Å². The number of methoxy groups -OCH3 is 1. The van der Waals surface area contributed by atoms with Crippen molar-refractivity contribution in [2.75, 3.05) is 12.0 Å². The molecule has 0 saturated carbocycles. The van der Waals surface area contributed by atoms with Gasteiger partial charge in [0.15, 0.2) is 16.7 Å². The maximum Gasteiger partial charge on any atom is 0.271 e. The van der Waals surface area contributed by atoms with Gasteiger partial charge in [0, 0.05) is 10.0 Å². The third-order valence-electron chi connectivity index (χ3n) is 5.89. The van der Waals surface area contributed by atoms with Gasteiger partial charge in [-0.05, 0) is 65.9 Å². The molecule has 1 amide bonds. The number of carbonyl (C=O) groups is 1. The van der Waals surface area contributed by atoms with Crippen molar-refractivity contribution < 1.29 is 14.3 Å². The van der Waals surface area contributed by atoms with Gasteiger partial charge in [-0.1, -0.05) is 70.5 Å². The highest BCUT2D eigenvalue weighted by atomic mass is 79.9. The van der Waals surface area contributed by atoms with Crippen LogP contribution in [-0.4, -0.2) is 18.2 Å². The van der Waals surface area contributed by atoms with Crippen LogP contribution in [-0.2, 0) is 11.4 Å². The van der Waals surface area contributed by atoms with Gasteiger partial charge in [-0.2, -0.15) is 5.26 Å². The molecule has 1 fully saturated rings. The zero-order valence-corrected chi connectivity index (χ0v) is 23.3. The topological polar surface area (TPSA) is 74.9 Å². The minimum absolute atomic E-state index is 0.166. The van der Waals surface area contributed by atoms with E-state index in [0.29, 0.717) is 27.1 Å². The van der Waals surface area contributed by atoms with Gasteiger partial charge in [-0.15, -0.1) is 0 Å². The summed E-state index contributed by atoms with van der Waals surface area (Å²) in [6, 6.07) is 32.1. The Kier molecular flexibility index (Phi) is 8.11. The van der Waals surface area contributed by atoms with E-state index in [1.807, 2.05) is 91.0 Å². The largest absolute Gasteiger partial charge is 0.493 e. The van der Waals surface area contributed by atoms with Crippen LogP contribution >= 0.6 is 27.7 Å². The zero-order chi connectivity index (χ0) is 27.2. The lowest BCUT2D eigenvalue weighted by molar-refractivity contribution is -0.113. The summed E-state index contributed by atoms with van der Waals surface area (Å²) in [6.45, 7) is 0.215. The first kappa shape index (κ1) is 26.3. The molecule has 192 valence electrons. The van der Waals surface area contributed by atoms with E-state index in [2.05, 4.69) is 22.0 Å². The second-order valence-corrected chi connectivity index (χ2v) is 10.3. The van der Waals surface area contributed by atoms with E-state index in [9.17, 15) is 10.1 Å². The SMILES string of the molecule is COc1cc(/C=C2/SC(=Nc3ccccc3)N(c3ccccc3)C2=O)c(Br)cc1OCc1ccccc1C#N. The smallest absolute Gasteiger partial charge is 0.271 e. The van der Waals surface area contributed by atoms with Crippen molar-refractivity contribution in [1.82, 2.24) is 0 Å². The standard InChI is InChI=1S/C31H22BrN3O3S/c1-37-27-16-23(26(32)18-28(27)38-20-22-11-9-8-10-21(22)19-33)17-29-30(36)35(25-14-6-3-7-15-25)31(39-29)34-24-12-4-2-5-13-24/h2-18H,20H2,1H3/b29-17+,34-31?. The average Bonchev–Trinajstić information content (AvgIpc) is 3.27. The van der Waals surface area contributed by atoms with Crippen molar-refractivity contribution in [3.8, 4) is 17.6 Å². The maximum atomic E-state index is 13.6. The normalized spacial score (nSPS) is 15.0. The van der Waals surface area contributed by atoms with Gasteiger partial charge in [0.1, 0.15) is 6.61 Å². The summed E-state index contributed by atoms with van der Waals surface area (Å²) >= 11 is 4.94. The molecule has 0 atom stereocenters. The molecule has 0 unspecified atom stereocenters. The number of anilines is 1. The first-order chi connectivity index (χ1) is 19.1. The summed E-state index contributed by atoms with van der Waals surface area (Å²) in [7, 11) is 1.56. The van der Waals surface area contributed by atoms with E-state index in [1.165, 1.54) is 11.8 Å². The molecule has 0 N–H and O–H groups in total. The number of aliphatic imine (C=N–C) groups is 1. The first-order valence-corrected chi connectivity index (χ1v) is 13.6. The number of halogens is 1. The summed E-state index contributed by atoms with van der Waals surface area (Å²) in [6.07, 6.45) is 1.82. The second kappa shape index (κ2) is 12.0. The molecule has 0 aromatic heterocycles. The summed E-state index contributed by atoms with van der Waals surface area (Å²) in [5.74, 6) is 0.857. The van der Waals surface area contributed by atoms with Crippen molar-refractivity contribution in [2.24, 2.45) is 4.99 Å². The molecule has 1 aliphatic rings. The minimum Gasteiger partial charge on any atom is -0.493 e. The monoisotopic (exact) mass is 595 g/mol. The van der Waals surface area contributed by atoms with Crippen LogP contribution in [0.15, 0.2) is 111 Å². The van der Waals surface area contributed by atoms with Crippen LogP contribution in [0.5, 0.6) is 11.5 Å². The molecule has 0 spiro atoms. The molecule has 0 radical (unpaired) electrons. The average molecular weight is 597 g/mol. The fourth-order valence-corrected chi connectivity index (χ4v) is 5.38. The molecule has 1 heterocycles. The summed E-state index contributed by atoms with van der Waals surface area (Å²) in [5, 5.41) is 9.93. The summed E-state index contributed by atoms with van der Waals surface area (Å²) in [4.78, 5) is 20.5. The molecule has 4 aromatic rings. The van der Waals surface area contributed by atoms with Crippen molar-refractivity contribution in [3.05, 3.63) is 123 Å². The number of thioether (sulfide) groups is 1. The van der Waals surface area contributed by atoms with Gasteiger partial charge in [-0.25, -0.2) is 4.99 Å². The Bertz CT molecular complexity index is 1620. The number of nitriles is 1. The van der Waals surface area contributed by atoms with Gasteiger partial charge in [0.2, 0.25) is 0 Å². The molecule has 0 bridgehead atoms. The van der Waals surface area contributed by atoms with Crippen LogP contribution in [0.2, 0.25) is 0 Å². The molecule has 6 nitrogen and oxygen atoms in total. The molecule has 1 aliphatic heterocycles. The Balaban J connectivity index is 1.47. The van der Waals surface area contributed by atoms with Crippen molar-refractivity contribution in [2.45, 2.75) is 6.61 Å². The van der Waals surface area contributed by atoms with Crippen LogP contribution < -0.4 is 14.4 Å². The van der Waals surface area contributed by atoms with Crippen LogP contribution in [0.25, 0.3) is 6.08 Å². The number of nitrogens with zero attached hydrogens (tertiary/aromatic N) is 3. The quantitative estimate of drug-likeness (QED) is 0.204. The van der Waals surface area contributed by atoms with Gasteiger partial charge in [0.25, 0.3) is 5.91 Å². The van der Waals surface area contributed by atoms with E-state index in [-0.39, 0.29) is 12.5 Å². The van der Waals surface area contributed by atoms with E-state index < -0.39 is 0 Å². The molecule has 4 aromatic carbocycles. The molecular weight excluding hydrogens is 574 g/mol. The molecule has 1 saturated heterocycles. The third-order valence-corrected chi connectivity index (χ3v) is 7.55. The van der Waals surface area contributed by atoms with Crippen LogP contribution in [0.4, 0.5) is 11.4 Å².